The van der Waals surface area contributed by atoms with Crippen LogP contribution in [-0.4, -0.2) is 17.4 Å². The van der Waals surface area contributed by atoms with Crippen LogP contribution in [0, 0.1) is 13.8 Å². The molecular weight excluding hydrogens is 394 g/mol. The van der Waals surface area contributed by atoms with Crippen molar-refractivity contribution in [2.24, 2.45) is 0 Å². The number of halogens is 1. The van der Waals surface area contributed by atoms with Crippen LogP contribution in [0.15, 0.2) is 50.1 Å². The van der Waals surface area contributed by atoms with Crippen LogP contribution in [0.3, 0.4) is 0 Å². The summed E-state index contributed by atoms with van der Waals surface area (Å²) < 4.78 is 6.85. The molecule has 0 bridgehead atoms. The molecule has 132 valence electrons. The minimum Gasteiger partial charge on any atom is -0.450 e. The SMILES string of the molecule is CCN1C(=O)c2oc3cc(C)c(C)cc3c(=O)c2C1c1cccc(Br)c1. The summed E-state index contributed by atoms with van der Waals surface area (Å²) in [6, 6.07) is 11.0. The quantitative estimate of drug-likeness (QED) is 0.611. The first-order valence-corrected chi connectivity index (χ1v) is 9.36. The average molecular weight is 412 g/mol. The highest BCUT2D eigenvalue weighted by molar-refractivity contribution is 9.10. The molecule has 2 heterocycles. The molecule has 0 radical (unpaired) electrons. The van der Waals surface area contributed by atoms with E-state index in [2.05, 4.69) is 15.9 Å². The number of fused-ring (bicyclic) bond motifs is 2. The Kier molecular flexibility index (Phi) is 3.99. The Labute approximate surface area is 159 Å². The van der Waals surface area contributed by atoms with Crippen molar-refractivity contribution < 1.29 is 9.21 Å². The minimum atomic E-state index is -0.428. The first-order chi connectivity index (χ1) is 12.4. The van der Waals surface area contributed by atoms with Gasteiger partial charge >= 0.3 is 0 Å². The molecule has 4 rings (SSSR count). The molecule has 5 heteroatoms. The van der Waals surface area contributed by atoms with Crippen molar-refractivity contribution in [3.05, 3.63) is 79.1 Å². The van der Waals surface area contributed by atoms with Gasteiger partial charge in [0.2, 0.25) is 5.76 Å². The molecule has 0 aliphatic carbocycles. The van der Waals surface area contributed by atoms with Gasteiger partial charge in [0.15, 0.2) is 5.43 Å². The maximum Gasteiger partial charge on any atom is 0.290 e. The van der Waals surface area contributed by atoms with E-state index in [1.54, 1.807) is 4.90 Å². The fourth-order valence-corrected chi connectivity index (χ4v) is 4.04. The van der Waals surface area contributed by atoms with Crippen molar-refractivity contribution in [3.63, 3.8) is 0 Å². The first-order valence-electron chi connectivity index (χ1n) is 8.56. The summed E-state index contributed by atoms with van der Waals surface area (Å²) in [7, 11) is 0. The maximum absolute atomic E-state index is 13.3. The summed E-state index contributed by atoms with van der Waals surface area (Å²) in [6.07, 6.45) is 0. The van der Waals surface area contributed by atoms with E-state index >= 15 is 0 Å². The Hall–Kier alpha value is -2.40. The Balaban J connectivity index is 2.06. The summed E-state index contributed by atoms with van der Waals surface area (Å²) in [5.41, 5.74) is 3.73. The maximum atomic E-state index is 13.3. The van der Waals surface area contributed by atoms with E-state index in [9.17, 15) is 9.59 Å². The van der Waals surface area contributed by atoms with Crippen LogP contribution in [0.25, 0.3) is 11.0 Å². The van der Waals surface area contributed by atoms with Gasteiger partial charge in [-0.1, -0.05) is 28.1 Å². The van der Waals surface area contributed by atoms with Crippen molar-refractivity contribution in [1.29, 1.82) is 0 Å². The zero-order valence-corrected chi connectivity index (χ0v) is 16.4. The minimum absolute atomic E-state index is 0.126. The van der Waals surface area contributed by atoms with Gasteiger partial charge in [0.25, 0.3) is 5.91 Å². The molecule has 1 amide bonds. The number of rotatable bonds is 2. The molecule has 26 heavy (non-hydrogen) atoms. The summed E-state index contributed by atoms with van der Waals surface area (Å²) in [5, 5.41) is 0.526. The second-order valence-corrected chi connectivity index (χ2v) is 7.57. The van der Waals surface area contributed by atoms with Crippen LogP contribution in [-0.2, 0) is 0 Å². The fraction of sp³-hybridized carbons (Fsp3) is 0.238. The van der Waals surface area contributed by atoms with Crippen molar-refractivity contribution in [2.45, 2.75) is 26.8 Å². The number of carbonyl (C=O) groups is 1. The van der Waals surface area contributed by atoms with Gasteiger partial charge in [-0.2, -0.15) is 0 Å². The topological polar surface area (TPSA) is 50.5 Å². The Morgan fingerprint density at radius 2 is 1.85 bits per heavy atom. The van der Waals surface area contributed by atoms with Gasteiger partial charge in [-0.15, -0.1) is 0 Å². The summed E-state index contributed by atoms with van der Waals surface area (Å²) in [6.45, 7) is 6.34. The number of hydrogen-bond acceptors (Lipinski definition) is 3. The van der Waals surface area contributed by atoms with Gasteiger partial charge in [-0.3, -0.25) is 9.59 Å². The average Bonchev–Trinajstić information content (AvgIpc) is 2.89. The van der Waals surface area contributed by atoms with Crippen LogP contribution in [0.2, 0.25) is 0 Å². The molecule has 1 aliphatic rings. The van der Waals surface area contributed by atoms with E-state index in [-0.39, 0.29) is 17.1 Å². The first kappa shape index (κ1) is 17.0. The molecule has 1 atom stereocenters. The highest BCUT2D eigenvalue weighted by atomic mass is 79.9. The second kappa shape index (κ2) is 6.09. The molecule has 4 nitrogen and oxygen atoms in total. The van der Waals surface area contributed by atoms with Gasteiger partial charge in [0, 0.05) is 11.0 Å². The van der Waals surface area contributed by atoms with Gasteiger partial charge in [-0.05, 0) is 61.7 Å². The molecule has 0 saturated carbocycles. The summed E-state index contributed by atoms with van der Waals surface area (Å²) in [4.78, 5) is 27.9. The Bertz CT molecular complexity index is 1120. The number of aryl methyl sites for hydroxylation is 2. The zero-order chi connectivity index (χ0) is 18.6. The normalized spacial score (nSPS) is 16.4. The molecule has 0 spiro atoms. The van der Waals surface area contributed by atoms with Gasteiger partial charge < -0.3 is 9.32 Å². The monoisotopic (exact) mass is 411 g/mol. The van der Waals surface area contributed by atoms with E-state index in [0.29, 0.717) is 23.1 Å². The third-order valence-electron chi connectivity index (χ3n) is 5.09. The Morgan fingerprint density at radius 1 is 1.12 bits per heavy atom. The van der Waals surface area contributed by atoms with E-state index in [0.717, 1.165) is 21.2 Å². The van der Waals surface area contributed by atoms with E-state index in [1.807, 2.05) is 57.2 Å². The van der Waals surface area contributed by atoms with E-state index in [4.69, 9.17) is 4.42 Å². The largest absolute Gasteiger partial charge is 0.450 e. The standard InChI is InChI=1S/C21H18BrNO3/c1-4-23-18(13-6-5-7-14(22)10-13)17-19(24)15-8-11(2)12(3)9-16(15)26-20(17)21(23)25/h5-10,18H,4H2,1-3H3. The molecule has 0 N–H and O–H groups in total. The highest BCUT2D eigenvalue weighted by Crippen LogP contribution is 2.38. The lowest BCUT2D eigenvalue weighted by Crippen LogP contribution is -2.29. The summed E-state index contributed by atoms with van der Waals surface area (Å²) in [5.74, 6) is -0.0673. The second-order valence-electron chi connectivity index (χ2n) is 6.66. The number of amides is 1. The lowest BCUT2D eigenvalue weighted by Gasteiger charge is -2.23. The smallest absolute Gasteiger partial charge is 0.290 e. The van der Waals surface area contributed by atoms with Crippen LogP contribution in [0.1, 0.15) is 45.8 Å². The Morgan fingerprint density at radius 3 is 2.54 bits per heavy atom. The number of carbonyl (C=O) groups excluding carboxylic acids is 1. The molecule has 2 aromatic carbocycles. The van der Waals surface area contributed by atoms with Gasteiger partial charge in [0.05, 0.1) is 17.0 Å². The van der Waals surface area contributed by atoms with Crippen molar-refractivity contribution in [2.75, 3.05) is 6.54 Å². The van der Waals surface area contributed by atoms with Crippen LogP contribution in [0.4, 0.5) is 0 Å². The third kappa shape index (κ3) is 2.42. The van der Waals surface area contributed by atoms with Crippen molar-refractivity contribution in [1.82, 2.24) is 4.90 Å². The predicted octanol–water partition coefficient (Wildman–Crippen LogP) is 4.74. The molecule has 1 aromatic heterocycles. The molecule has 1 aliphatic heterocycles. The van der Waals surface area contributed by atoms with Crippen LogP contribution in [0.5, 0.6) is 0 Å². The van der Waals surface area contributed by atoms with E-state index in [1.165, 1.54) is 0 Å². The highest BCUT2D eigenvalue weighted by Gasteiger charge is 2.41. The van der Waals surface area contributed by atoms with E-state index < -0.39 is 6.04 Å². The molecular formula is C21H18BrNO3. The van der Waals surface area contributed by atoms with Crippen molar-refractivity contribution in [3.8, 4) is 0 Å². The van der Waals surface area contributed by atoms with Crippen LogP contribution < -0.4 is 5.43 Å². The number of hydrogen-bond donors (Lipinski definition) is 0. The number of nitrogens with zero attached hydrogens (tertiary/aromatic N) is 1. The zero-order valence-electron chi connectivity index (χ0n) is 14.8. The predicted molar refractivity (Wildman–Crippen MR) is 105 cm³/mol. The molecule has 0 saturated heterocycles. The van der Waals surface area contributed by atoms with Gasteiger partial charge in [-0.25, -0.2) is 0 Å². The van der Waals surface area contributed by atoms with Crippen LogP contribution >= 0.6 is 15.9 Å². The third-order valence-corrected chi connectivity index (χ3v) is 5.58. The summed E-state index contributed by atoms with van der Waals surface area (Å²) >= 11 is 3.48. The lowest BCUT2D eigenvalue weighted by molar-refractivity contribution is 0.0738. The van der Waals surface area contributed by atoms with Gasteiger partial charge in [0.1, 0.15) is 5.58 Å². The number of benzene rings is 2. The molecule has 3 aromatic rings. The molecule has 1 unspecified atom stereocenters. The molecule has 0 fully saturated rings. The van der Waals surface area contributed by atoms with Crippen molar-refractivity contribution >= 4 is 32.8 Å². The lowest BCUT2D eigenvalue weighted by atomic mass is 9.97. The fourth-order valence-electron chi connectivity index (χ4n) is 3.62.